The summed E-state index contributed by atoms with van der Waals surface area (Å²) in [6, 6.07) is 0. The van der Waals surface area contributed by atoms with Crippen LogP contribution in [0.1, 0.15) is 12.8 Å². The molecule has 1 N–H and O–H groups in total. The lowest BCUT2D eigenvalue weighted by molar-refractivity contribution is 0.0423. The number of aromatic nitrogens is 2. The summed E-state index contributed by atoms with van der Waals surface area (Å²) in [6.45, 7) is 4.05. The lowest BCUT2D eigenvalue weighted by atomic mass is 10.1. The molecule has 106 valence electrons. The molecular formula is C13H22N4O2. The molecule has 0 radical (unpaired) electrons. The molecule has 6 heteroatoms. The van der Waals surface area contributed by atoms with Gasteiger partial charge < -0.3 is 19.7 Å². The molecule has 0 atom stereocenters. The first-order valence-electron chi connectivity index (χ1n) is 6.66. The summed E-state index contributed by atoms with van der Waals surface area (Å²) in [5, 5.41) is 3.29. The number of methoxy groups -OCH3 is 2. The summed E-state index contributed by atoms with van der Waals surface area (Å²) in [6.07, 6.45) is 5.86. The minimum absolute atomic E-state index is 0.436. The number of nitrogens with one attached hydrogen (secondary N) is 1. The molecule has 1 aliphatic heterocycles. The highest BCUT2D eigenvalue weighted by Gasteiger charge is 2.18. The van der Waals surface area contributed by atoms with Gasteiger partial charge in [0, 0.05) is 33.3 Å². The van der Waals surface area contributed by atoms with Crippen LogP contribution in [-0.4, -0.2) is 61.4 Å². The van der Waals surface area contributed by atoms with Gasteiger partial charge in [-0.1, -0.05) is 0 Å². The van der Waals surface area contributed by atoms with E-state index in [0.717, 1.165) is 44.8 Å². The molecule has 0 unspecified atom stereocenters. The van der Waals surface area contributed by atoms with E-state index in [4.69, 9.17) is 9.47 Å². The summed E-state index contributed by atoms with van der Waals surface area (Å²) in [5.41, 5.74) is 0. The van der Waals surface area contributed by atoms with Crippen LogP contribution in [0.25, 0.3) is 0 Å². The van der Waals surface area contributed by atoms with E-state index in [0.29, 0.717) is 11.9 Å². The fourth-order valence-electron chi connectivity index (χ4n) is 2.30. The van der Waals surface area contributed by atoms with Crippen LogP contribution in [0.2, 0.25) is 0 Å². The number of hydrogen-bond donors (Lipinski definition) is 1. The molecular weight excluding hydrogens is 244 g/mol. The Morgan fingerprint density at radius 1 is 1.37 bits per heavy atom. The number of likely N-dealkylation sites (tertiary alicyclic amines) is 1. The van der Waals surface area contributed by atoms with Gasteiger partial charge in [0.05, 0.1) is 19.4 Å². The Labute approximate surface area is 114 Å². The number of ether oxygens (including phenoxy) is 2. The van der Waals surface area contributed by atoms with Gasteiger partial charge in [0.1, 0.15) is 6.33 Å². The predicted molar refractivity (Wildman–Crippen MR) is 73.5 cm³/mol. The molecule has 0 aliphatic carbocycles. The van der Waals surface area contributed by atoms with Gasteiger partial charge in [-0.25, -0.2) is 9.97 Å². The zero-order valence-electron chi connectivity index (χ0n) is 11.6. The van der Waals surface area contributed by atoms with Crippen LogP contribution in [0.15, 0.2) is 12.5 Å². The van der Waals surface area contributed by atoms with Crippen molar-refractivity contribution in [3.63, 3.8) is 0 Å². The van der Waals surface area contributed by atoms with Gasteiger partial charge in [-0.2, -0.15) is 0 Å². The third kappa shape index (κ3) is 4.04. The Hall–Kier alpha value is -1.40. The number of anilines is 1. The first-order valence-corrected chi connectivity index (χ1v) is 6.66. The molecule has 0 bridgehead atoms. The van der Waals surface area contributed by atoms with Crippen molar-refractivity contribution in [2.24, 2.45) is 0 Å². The van der Waals surface area contributed by atoms with Crippen molar-refractivity contribution < 1.29 is 9.47 Å². The van der Waals surface area contributed by atoms with E-state index in [9.17, 15) is 0 Å². The summed E-state index contributed by atoms with van der Waals surface area (Å²) in [4.78, 5) is 10.5. The van der Waals surface area contributed by atoms with Gasteiger partial charge in [-0.15, -0.1) is 0 Å². The van der Waals surface area contributed by atoms with Crippen molar-refractivity contribution >= 4 is 5.82 Å². The zero-order chi connectivity index (χ0) is 13.5. The van der Waals surface area contributed by atoms with E-state index in [1.54, 1.807) is 20.4 Å². The standard InChI is InChI=1S/C13H22N4O2/c1-18-11-3-6-17(7-4-11)8-5-15-13-12(19-2)9-14-10-16-13/h9-11H,3-8H2,1-2H3,(H,14,15,16). The first kappa shape index (κ1) is 14.0. The smallest absolute Gasteiger partial charge is 0.179 e. The SMILES string of the molecule is COc1cncnc1NCCN1CCC(OC)CC1. The van der Waals surface area contributed by atoms with E-state index >= 15 is 0 Å². The van der Waals surface area contributed by atoms with Crippen LogP contribution in [-0.2, 0) is 4.74 Å². The summed E-state index contributed by atoms with van der Waals surface area (Å²) in [7, 11) is 3.42. The first-order chi connectivity index (χ1) is 9.33. The van der Waals surface area contributed by atoms with Crippen molar-refractivity contribution in [2.75, 3.05) is 45.7 Å². The number of nitrogens with zero attached hydrogens (tertiary/aromatic N) is 3. The van der Waals surface area contributed by atoms with Crippen LogP contribution in [0.5, 0.6) is 5.75 Å². The minimum Gasteiger partial charge on any atom is -0.491 e. The van der Waals surface area contributed by atoms with Crippen molar-refractivity contribution in [3.05, 3.63) is 12.5 Å². The van der Waals surface area contributed by atoms with Crippen LogP contribution in [0.4, 0.5) is 5.82 Å². The number of hydrogen-bond acceptors (Lipinski definition) is 6. The molecule has 1 fully saturated rings. The number of rotatable bonds is 6. The Morgan fingerprint density at radius 3 is 2.84 bits per heavy atom. The van der Waals surface area contributed by atoms with Crippen LogP contribution in [0, 0.1) is 0 Å². The van der Waals surface area contributed by atoms with Crippen molar-refractivity contribution in [3.8, 4) is 5.75 Å². The van der Waals surface area contributed by atoms with Crippen molar-refractivity contribution in [1.82, 2.24) is 14.9 Å². The molecule has 0 amide bonds. The van der Waals surface area contributed by atoms with E-state index in [2.05, 4.69) is 20.2 Å². The van der Waals surface area contributed by atoms with Crippen LogP contribution in [0.3, 0.4) is 0 Å². The van der Waals surface area contributed by atoms with Gasteiger partial charge in [0.2, 0.25) is 0 Å². The van der Waals surface area contributed by atoms with Crippen LogP contribution < -0.4 is 10.1 Å². The van der Waals surface area contributed by atoms with E-state index in [1.807, 2.05) is 0 Å². The molecule has 6 nitrogen and oxygen atoms in total. The molecule has 19 heavy (non-hydrogen) atoms. The van der Waals surface area contributed by atoms with Gasteiger partial charge in [0.15, 0.2) is 11.6 Å². The predicted octanol–water partition coefficient (Wildman–Crippen LogP) is 1.01. The Morgan fingerprint density at radius 2 is 2.16 bits per heavy atom. The maximum atomic E-state index is 5.37. The van der Waals surface area contributed by atoms with Crippen LogP contribution >= 0.6 is 0 Å². The molecule has 1 aromatic heterocycles. The maximum Gasteiger partial charge on any atom is 0.179 e. The second-order valence-corrected chi connectivity index (χ2v) is 4.64. The molecule has 0 spiro atoms. The second-order valence-electron chi connectivity index (χ2n) is 4.64. The van der Waals surface area contributed by atoms with Gasteiger partial charge >= 0.3 is 0 Å². The van der Waals surface area contributed by atoms with Crippen molar-refractivity contribution in [1.29, 1.82) is 0 Å². The highest BCUT2D eigenvalue weighted by Crippen LogP contribution is 2.18. The highest BCUT2D eigenvalue weighted by atomic mass is 16.5. The second kappa shape index (κ2) is 7.25. The van der Waals surface area contributed by atoms with Gasteiger partial charge in [-0.3, -0.25) is 0 Å². The summed E-state index contributed by atoms with van der Waals surface area (Å²) >= 11 is 0. The maximum absolute atomic E-state index is 5.37. The fraction of sp³-hybridized carbons (Fsp3) is 0.692. The minimum atomic E-state index is 0.436. The quantitative estimate of drug-likeness (QED) is 0.829. The molecule has 1 aliphatic rings. The monoisotopic (exact) mass is 266 g/mol. The highest BCUT2D eigenvalue weighted by molar-refractivity contribution is 5.47. The third-order valence-corrected chi connectivity index (χ3v) is 3.49. The van der Waals surface area contributed by atoms with E-state index < -0.39 is 0 Å². The summed E-state index contributed by atoms with van der Waals surface area (Å²) in [5.74, 6) is 1.44. The Bertz CT molecular complexity index is 381. The largest absolute Gasteiger partial charge is 0.491 e. The normalized spacial score (nSPS) is 17.4. The Kier molecular flexibility index (Phi) is 5.35. The molecule has 2 rings (SSSR count). The number of piperidine rings is 1. The fourth-order valence-corrected chi connectivity index (χ4v) is 2.30. The Balaban J connectivity index is 1.72. The molecule has 1 saturated heterocycles. The summed E-state index contributed by atoms with van der Waals surface area (Å²) < 4.78 is 10.6. The lowest BCUT2D eigenvalue weighted by Crippen LogP contribution is -2.39. The molecule has 0 aromatic carbocycles. The third-order valence-electron chi connectivity index (χ3n) is 3.49. The van der Waals surface area contributed by atoms with Gasteiger partial charge in [-0.05, 0) is 12.8 Å². The topological polar surface area (TPSA) is 59.5 Å². The molecule has 0 saturated carbocycles. The average Bonchev–Trinajstić information content (AvgIpc) is 2.48. The van der Waals surface area contributed by atoms with E-state index in [-0.39, 0.29) is 0 Å². The average molecular weight is 266 g/mol. The zero-order valence-corrected chi connectivity index (χ0v) is 11.6. The molecule has 1 aromatic rings. The van der Waals surface area contributed by atoms with Crippen molar-refractivity contribution in [2.45, 2.75) is 18.9 Å². The van der Waals surface area contributed by atoms with Gasteiger partial charge in [0.25, 0.3) is 0 Å². The molecule has 2 heterocycles. The lowest BCUT2D eigenvalue weighted by Gasteiger charge is -2.31. The van der Waals surface area contributed by atoms with E-state index in [1.165, 1.54) is 6.33 Å².